The molecule has 0 aromatic heterocycles. The van der Waals surface area contributed by atoms with Crippen LogP contribution in [0.15, 0.2) is 47.4 Å². The zero-order valence-electron chi connectivity index (χ0n) is 17.2. The summed E-state index contributed by atoms with van der Waals surface area (Å²) in [5, 5.41) is 3.65. The number of ether oxygens (including phenoxy) is 1. The van der Waals surface area contributed by atoms with Crippen molar-refractivity contribution in [3.8, 4) is 0 Å². The average molecular weight is 448 g/mol. The van der Waals surface area contributed by atoms with Crippen LogP contribution in [0.4, 0.5) is 11.4 Å². The smallest absolute Gasteiger partial charge is 0.337 e. The fourth-order valence-corrected chi connectivity index (χ4v) is 4.15. The number of hydrogen-bond donors (Lipinski definition) is 1. The molecule has 1 aliphatic heterocycles. The molecule has 1 heterocycles. The summed E-state index contributed by atoms with van der Waals surface area (Å²) in [6, 6.07) is 12.7. The molecule has 1 fully saturated rings. The molecular weight excluding hydrogens is 422 g/mol. The van der Waals surface area contributed by atoms with E-state index in [0.717, 1.165) is 43.3 Å². The zero-order chi connectivity index (χ0) is 21.5. The number of piperazine rings is 1. The minimum atomic E-state index is -0.427. The highest BCUT2D eigenvalue weighted by molar-refractivity contribution is 8.00. The van der Waals surface area contributed by atoms with Crippen molar-refractivity contribution in [2.45, 2.75) is 11.8 Å². The van der Waals surface area contributed by atoms with Gasteiger partial charge in [0, 0.05) is 36.1 Å². The first-order valence-corrected chi connectivity index (χ1v) is 11.2. The number of nitrogens with one attached hydrogen (secondary N) is 1. The Morgan fingerprint density at radius 3 is 2.43 bits per heavy atom. The lowest BCUT2D eigenvalue weighted by Crippen LogP contribution is -2.46. The van der Waals surface area contributed by atoms with Gasteiger partial charge in [-0.1, -0.05) is 18.5 Å². The maximum atomic E-state index is 12.6. The normalized spacial score (nSPS) is 14.4. The summed E-state index contributed by atoms with van der Waals surface area (Å²) >= 11 is 7.34. The van der Waals surface area contributed by atoms with E-state index in [1.165, 1.54) is 18.9 Å². The van der Waals surface area contributed by atoms with Gasteiger partial charge in [0.2, 0.25) is 5.91 Å². The minimum Gasteiger partial charge on any atom is -0.465 e. The van der Waals surface area contributed by atoms with Gasteiger partial charge in [0.25, 0.3) is 0 Å². The van der Waals surface area contributed by atoms with Crippen LogP contribution in [-0.2, 0) is 9.53 Å². The summed E-state index contributed by atoms with van der Waals surface area (Å²) in [4.78, 5) is 30.2. The van der Waals surface area contributed by atoms with Crippen LogP contribution in [0.3, 0.4) is 0 Å². The van der Waals surface area contributed by atoms with Gasteiger partial charge < -0.3 is 19.9 Å². The van der Waals surface area contributed by atoms with Gasteiger partial charge >= 0.3 is 5.97 Å². The monoisotopic (exact) mass is 447 g/mol. The van der Waals surface area contributed by atoms with Crippen molar-refractivity contribution < 1.29 is 14.3 Å². The van der Waals surface area contributed by atoms with Crippen molar-refractivity contribution in [1.29, 1.82) is 0 Å². The largest absolute Gasteiger partial charge is 0.465 e. The first kappa shape index (κ1) is 22.5. The Morgan fingerprint density at radius 1 is 1.10 bits per heavy atom. The highest BCUT2D eigenvalue weighted by atomic mass is 35.5. The quantitative estimate of drug-likeness (QED) is 0.511. The summed E-state index contributed by atoms with van der Waals surface area (Å²) < 4.78 is 4.84. The molecule has 0 atom stereocenters. The first-order valence-electron chi connectivity index (χ1n) is 9.88. The van der Waals surface area contributed by atoms with Crippen LogP contribution in [0.1, 0.15) is 17.3 Å². The maximum Gasteiger partial charge on any atom is 0.337 e. The van der Waals surface area contributed by atoms with Gasteiger partial charge in [-0.3, -0.25) is 4.79 Å². The van der Waals surface area contributed by atoms with E-state index >= 15 is 0 Å². The van der Waals surface area contributed by atoms with Crippen LogP contribution < -0.4 is 10.2 Å². The molecule has 1 saturated heterocycles. The molecule has 0 saturated carbocycles. The number of benzene rings is 2. The number of esters is 1. The van der Waals surface area contributed by atoms with Gasteiger partial charge in [0.1, 0.15) is 0 Å². The highest BCUT2D eigenvalue weighted by Gasteiger charge is 2.20. The molecule has 0 aliphatic carbocycles. The maximum absolute atomic E-state index is 12.6. The Labute approximate surface area is 186 Å². The van der Waals surface area contributed by atoms with Gasteiger partial charge in [-0.25, -0.2) is 4.79 Å². The second kappa shape index (κ2) is 10.7. The second-order valence-electron chi connectivity index (χ2n) is 6.94. The van der Waals surface area contributed by atoms with E-state index < -0.39 is 5.97 Å². The van der Waals surface area contributed by atoms with Crippen molar-refractivity contribution in [1.82, 2.24) is 4.90 Å². The van der Waals surface area contributed by atoms with Crippen LogP contribution in [-0.4, -0.2) is 62.4 Å². The van der Waals surface area contributed by atoms with Crippen LogP contribution >= 0.6 is 23.4 Å². The first-order chi connectivity index (χ1) is 14.5. The number of likely N-dealkylation sites (N-methyl/N-ethyl adjacent to an activating group) is 1. The molecule has 30 heavy (non-hydrogen) atoms. The molecule has 0 spiro atoms. The molecule has 1 aliphatic rings. The van der Waals surface area contributed by atoms with Crippen molar-refractivity contribution in [3.05, 3.63) is 53.1 Å². The fourth-order valence-electron chi connectivity index (χ4n) is 3.33. The summed E-state index contributed by atoms with van der Waals surface area (Å²) in [5.41, 5.74) is 1.96. The summed E-state index contributed by atoms with van der Waals surface area (Å²) in [6.45, 7) is 6.86. The number of thioether (sulfide) groups is 1. The third kappa shape index (κ3) is 5.90. The lowest BCUT2D eigenvalue weighted by Gasteiger charge is -2.36. The van der Waals surface area contributed by atoms with E-state index in [0.29, 0.717) is 16.3 Å². The number of carbonyl (C=O) groups is 2. The summed E-state index contributed by atoms with van der Waals surface area (Å²) in [6.07, 6.45) is 0. The van der Waals surface area contributed by atoms with Gasteiger partial charge in [0.15, 0.2) is 0 Å². The Balaban J connectivity index is 1.73. The number of rotatable bonds is 7. The standard InChI is InChI=1S/C22H26ClN3O3S/c1-3-25-10-12-26(13-11-25)20-9-4-16(22(28)29-2)14-19(20)24-21(27)15-30-18-7-5-17(23)6-8-18/h4-9,14H,3,10-13,15H2,1-2H3,(H,24,27). The number of amides is 1. The highest BCUT2D eigenvalue weighted by Crippen LogP contribution is 2.29. The molecular formula is C22H26ClN3O3S. The predicted octanol–water partition coefficient (Wildman–Crippen LogP) is 4.00. The number of methoxy groups -OCH3 is 1. The van der Waals surface area contributed by atoms with Gasteiger partial charge in [-0.05, 0) is 49.0 Å². The number of hydrogen-bond acceptors (Lipinski definition) is 6. The van der Waals surface area contributed by atoms with Gasteiger partial charge in [-0.2, -0.15) is 0 Å². The third-order valence-corrected chi connectivity index (χ3v) is 6.30. The Bertz CT molecular complexity index is 884. The second-order valence-corrected chi connectivity index (χ2v) is 8.42. The van der Waals surface area contributed by atoms with Crippen LogP contribution in [0.5, 0.6) is 0 Å². The fraction of sp³-hybridized carbons (Fsp3) is 0.364. The molecule has 1 N–H and O–H groups in total. The zero-order valence-corrected chi connectivity index (χ0v) is 18.8. The molecule has 3 rings (SSSR count). The summed E-state index contributed by atoms with van der Waals surface area (Å²) in [5.74, 6) is -0.304. The van der Waals surface area contributed by atoms with E-state index in [4.69, 9.17) is 16.3 Å². The molecule has 0 unspecified atom stereocenters. The number of nitrogens with zero attached hydrogens (tertiary/aromatic N) is 2. The Hall–Kier alpha value is -2.22. The van der Waals surface area contributed by atoms with Crippen molar-refractivity contribution >= 4 is 46.6 Å². The minimum absolute atomic E-state index is 0.134. The van der Waals surface area contributed by atoms with E-state index in [-0.39, 0.29) is 11.7 Å². The average Bonchev–Trinajstić information content (AvgIpc) is 2.78. The van der Waals surface area contributed by atoms with E-state index in [1.54, 1.807) is 24.3 Å². The lowest BCUT2D eigenvalue weighted by molar-refractivity contribution is -0.113. The van der Waals surface area contributed by atoms with Crippen LogP contribution in [0.2, 0.25) is 5.02 Å². The lowest BCUT2D eigenvalue weighted by atomic mass is 10.1. The summed E-state index contributed by atoms with van der Waals surface area (Å²) in [7, 11) is 1.35. The van der Waals surface area contributed by atoms with Gasteiger partial charge in [-0.15, -0.1) is 11.8 Å². The van der Waals surface area contributed by atoms with Crippen molar-refractivity contribution in [2.75, 3.05) is 55.8 Å². The van der Waals surface area contributed by atoms with E-state index in [9.17, 15) is 9.59 Å². The van der Waals surface area contributed by atoms with Crippen molar-refractivity contribution in [2.24, 2.45) is 0 Å². The van der Waals surface area contributed by atoms with Crippen LogP contribution in [0.25, 0.3) is 0 Å². The molecule has 1 amide bonds. The number of halogens is 1. The Kier molecular flexibility index (Phi) is 8.01. The number of carbonyl (C=O) groups excluding carboxylic acids is 2. The SMILES string of the molecule is CCN1CCN(c2ccc(C(=O)OC)cc2NC(=O)CSc2ccc(Cl)cc2)CC1. The van der Waals surface area contributed by atoms with E-state index in [2.05, 4.69) is 22.0 Å². The molecule has 8 heteroatoms. The molecule has 0 bridgehead atoms. The molecule has 0 radical (unpaired) electrons. The molecule has 2 aromatic carbocycles. The molecule has 160 valence electrons. The topological polar surface area (TPSA) is 61.9 Å². The van der Waals surface area contributed by atoms with Crippen LogP contribution in [0, 0.1) is 0 Å². The number of anilines is 2. The van der Waals surface area contributed by atoms with Gasteiger partial charge in [0.05, 0.1) is 29.8 Å². The third-order valence-electron chi connectivity index (χ3n) is 5.04. The molecule has 2 aromatic rings. The van der Waals surface area contributed by atoms with E-state index in [1.807, 2.05) is 18.2 Å². The molecule has 6 nitrogen and oxygen atoms in total. The van der Waals surface area contributed by atoms with Crippen molar-refractivity contribution in [3.63, 3.8) is 0 Å². The predicted molar refractivity (Wildman–Crippen MR) is 123 cm³/mol. The Morgan fingerprint density at radius 2 is 1.80 bits per heavy atom.